The number of aliphatic hydroxyl groups is 1. The molecule has 2 atom stereocenters. The van der Waals surface area contributed by atoms with Crippen molar-refractivity contribution in [2.45, 2.75) is 265 Å². The molecule has 0 aromatic heterocycles. The second kappa shape index (κ2) is 44.9. The number of hydrogen-bond acceptors (Lipinski definition) is 7. The molecule has 1 N–H and O–H groups in total. The van der Waals surface area contributed by atoms with Crippen LogP contribution in [0.5, 0.6) is 0 Å². The molecule has 1 rings (SSSR count). The van der Waals surface area contributed by atoms with Crippen molar-refractivity contribution in [3.05, 3.63) is 0 Å². The van der Waals surface area contributed by atoms with Crippen LogP contribution in [-0.4, -0.2) is 98.8 Å². The van der Waals surface area contributed by atoms with Crippen LogP contribution in [0.3, 0.4) is 0 Å². The molecule has 7 nitrogen and oxygen atoms in total. The molecule has 60 heavy (non-hydrogen) atoms. The second-order valence-corrected chi connectivity index (χ2v) is 18.9. The molecule has 0 heterocycles. The Balaban J connectivity index is 2.70. The molecule has 1 fully saturated rings. The molecule has 358 valence electrons. The third kappa shape index (κ3) is 35.7. The molecule has 0 spiro atoms. The van der Waals surface area contributed by atoms with Gasteiger partial charge in [0.05, 0.1) is 25.9 Å². The van der Waals surface area contributed by atoms with Crippen molar-refractivity contribution in [2.75, 3.05) is 65.8 Å². The van der Waals surface area contributed by atoms with Gasteiger partial charge in [-0.25, -0.2) is 0 Å². The molecule has 2 unspecified atom stereocenters. The molecule has 1 aliphatic carbocycles. The first kappa shape index (κ1) is 57.3. The highest BCUT2D eigenvalue weighted by atomic mass is 16.5. The Hall–Kier alpha value is -0.730. The standard InChI is InChI=1S/C53H106N2O5/c1-5-9-13-17-19-20-21-22-24-33-45-58-49-52(59-46-34-16-12-8-4)47-54(41-42-55(43-44-56)51-37-29-25-30-38-51)40-32-26-31-39-53(57)60-48-50(35-27-15-11-7-3)36-28-23-18-14-10-6-2/h50-52,56H,5-49H2,1-4H3. The zero-order valence-corrected chi connectivity index (χ0v) is 41.0. The number of nitrogens with zero attached hydrogens (tertiary/aromatic N) is 2. The predicted molar refractivity (Wildman–Crippen MR) is 258 cm³/mol. The summed E-state index contributed by atoms with van der Waals surface area (Å²) in [5.41, 5.74) is 0. The fourth-order valence-corrected chi connectivity index (χ4v) is 9.19. The Morgan fingerprint density at radius 1 is 0.550 bits per heavy atom. The minimum atomic E-state index is -0.00316. The number of carbonyl (C=O) groups excluding carboxylic acids is 1. The van der Waals surface area contributed by atoms with Gasteiger partial charge in [0.15, 0.2) is 0 Å². The third-order valence-corrected chi connectivity index (χ3v) is 13.2. The molecule has 1 saturated carbocycles. The van der Waals surface area contributed by atoms with Crippen LogP contribution in [-0.2, 0) is 19.0 Å². The fourth-order valence-electron chi connectivity index (χ4n) is 9.19. The molecule has 0 amide bonds. The predicted octanol–water partition coefficient (Wildman–Crippen LogP) is 14.3. The van der Waals surface area contributed by atoms with E-state index in [-0.39, 0.29) is 18.7 Å². The summed E-state index contributed by atoms with van der Waals surface area (Å²) in [6, 6.07) is 0.593. The summed E-state index contributed by atoms with van der Waals surface area (Å²) >= 11 is 0. The molecule has 0 radical (unpaired) electrons. The van der Waals surface area contributed by atoms with Crippen LogP contribution in [0.25, 0.3) is 0 Å². The summed E-state index contributed by atoms with van der Waals surface area (Å²) in [6.45, 7) is 16.8. The van der Waals surface area contributed by atoms with Crippen LogP contribution in [0, 0.1) is 5.92 Å². The summed E-state index contributed by atoms with van der Waals surface area (Å²) in [7, 11) is 0. The van der Waals surface area contributed by atoms with Crippen molar-refractivity contribution in [2.24, 2.45) is 5.92 Å². The maximum Gasteiger partial charge on any atom is 0.305 e. The number of unbranched alkanes of at least 4 members (excludes halogenated alkanes) is 22. The summed E-state index contributed by atoms with van der Waals surface area (Å²) in [5.74, 6) is 0.516. The van der Waals surface area contributed by atoms with E-state index in [1.807, 2.05) is 0 Å². The van der Waals surface area contributed by atoms with E-state index in [0.717, 1.165) is 78.0 Å². The van der Waals surface area contributed by atoms with E-state index in [1.54, 1.807) is 0 Å². The van der Waals surface area contributed by atoms with Gasteiger partial charge >= 0.3 is 5.97 Å². The van der Waals surface area contributed by atoms with Gasteiger partial charge in [-0.05, 0) is 63.8 Å². The van der Waals surface area contributed by atoms with Gasteiger partial charge in [-0.1, -0.05) is 195 Å². The molecular weight excluding hydrogens is 745 g/mol. The maximum absolute atomic E-state index is 12.9. The molecule has 0 bridgehead atoms. The number of aliphatic hydroxyl groups excluding tert-OH is 1. The molecule has 1 aliphatic rings. The first-order chi connectivity index (χ1) is 29.6. The van der Waals surface area contributed by atoms with Crippen LogP contribution < -0.4 is 0 Å². The van der Waals surface area contributed by atoms with Gasteiger partial charge in [0, 0.05) is 51.9 Å². The lowest BCUT2D eigenvalue weighted by molar-refractivity contribution is -0.145. The van der Waals surface area contributed by atoms with Gasteiger partial charge < -0.3 is 19.3 Å². The fraction of sp³-hybridized carbons (Fsp3) is 0.981. The highest BCUT2D eigenvalue weighted by molar-refractivity contribution is 5.69. The van der Waals surface area contributed by atoms with Gasteiger partial charge in [0.1, 0.15) is 0 Å². The number of rotatable bonds is 47. The second-order valence-electron chi connectivity index (χ2n) is 18.9. The lowest BCUT2D eigenvalue weighted by Gasteiger charge is -2.36. The van der Waals surface area contributed by atoms with E-state index in [0.29, 0.717) is 31.6 Å². The number of ether oxygens (including phenoxy) is 3. The first-order valence-corrected chi connectivity index (χ1v) is 27.0. The van der Waals surface area contributed by atoms with Crippen molar-refractivity contribution in [1.29, 1.82) is 0 Å². The monoisotopic (exact) mass is 851 g/mol. The molecule has 0 saturated heterocycles. The average Bonchev–Trinajstić information content (AvgIpc) is 3.26. The number of esters is 1. The van der Waals surface area contributed by atoms with Crippen LogP contribution in [0.2, 0.25) is 0 Å². The Morgan fingerprint density at radius 3 is 1.67 bits per heavy atom. The van der Waals surface area contributed by atoms with E-state index in [4.69, 9.17) is 14.2 Å². The average molecular weight is 851 g/mol. The van der Waals surface area contributed by atoms with E-state index in [1.165, 1.54) is 186 Å². The largest absolute Gasteiger partial charge is 0.465 e. The van der Waals surface area contributed by atoms with Crippen LogP contribution in [0.15, 0.2) is 0 Å². The Labute approximate surface area is 375 Å². The quantitative estimate of drug-likeness (QED) is 0.0483. The van der Waals surface area contributed by atoms with E-state index in [2.05, 4.69) is 37.5 Å². The normalized spacial score (nSPS) is 14.7. The van der Waals surface area contributed by atoms with Gasteiger partial charge in [0.2, 0.25) is 0 Å². The summed E-state index contributed by atoms with van der Waals surface area (Å²) in [4.78, 5) is 18.1. The van der Waals surface area contributed by atoms with Crippen LogP contribution in [0.4, 0.5) is 0 Å². The summed E-state index contributed by atoms with van der Waals surface area (Å²) in [6.07, 6.45) is 43.7. The highest BCUT2D eigenvalue weighted by Gasteiger charge is 2.23. The van der Waals surface area contributed by atoms with Crippen molar-refractivity contribution >= 4 is 5.97 Å². The van der Waals surface area contributed by atoms with Crippen molar-refractivity contribution in [3.8, 4) is 0 Å². The summed E-state index contributed by atoms with van der Waals surface area (Å²) < 4.78 is 18.9. The Bertz CT molecular complexity index is 870. The molecule has 7 heteroatoms. The Morgan fingerprint density at radius 2 is 1.07 bits per heavy atom. The minimum absolute atomic E-state index is 0.00316. The van der Waals surface area contributed by atoms with E-state index >= 15 is 0 Å². The van der Waals surface area contributed by atoms with Gasteiger partial charge in [-0.15, -0.1) is 0 Å². The van der Waals surface area contributed by atoms with Gasteiger partial charge in [-0.2, -0.15) is 0 Å². The van der Waals surface area contributed by atoms with Gasteiger partial charge in [-0.3, -0.25) is 14.6 Å². The number of hydrogen-bond donors (Lipinski definition) is 1. The zero-order chi connectivity index (χ0) is 43.4. The molecular formula is C53H106N2O5. The van der Waals surface area contributed by atoms with E-state index in [9.17, 15) is 9.90 Å². The molecule has 0 aromatic rings. The first-order valence-electron chi connectivity index (χ1n) is 27.0. The topological polar surface area (TPSA) is 71.5 Å². The van der Waals surface area contributed by atoms with E-state index < -0.39 is 0 Å². The number of carbonyl (C=O) groups is 1. The third-order valence-electron chi connectivity index (χ3n) is 13.2. The Kier molecular flexibility index (Phi) is 42.8. The maximum atomic E-state index is 12.9. The summed E-state index contributed by atoms with van der Waals surface area (Å²) in [5, 5.41) is 9.99. The molecule has 0 aromatic carbocycles. The van der Waals surface area contributed by atoms with Crippen molar-refractivity contribution < 1.29 is 24.1 Å². The van der Waals surface area contributed by atoms with Crippen molar-refractivity contribution in [3.63, 3.8) is 0 Å². The molecule has 0 aliphatic heterocycles. The zero-order valence-electron chi connectivity index (χ0n) is 41.0. The minimum Gasteiger partial charge on any atom is -0.465 e. The van der Waals surface area contributed by atoms with Crippen LogP contribution >= 0.6 is 0 Å². The van der Waals surface area contributed by atoms with Crippen LogP contribution in [0.1, 0.15) is 252 Å². The van der Waals surface area contributed by atoms with Crippen molar-refractivity contribution in [1.82, 2.24) is 9.80 Å². The smallest absolute Gasteiger partial charge is 0.305 e. The van der Waals surface area contributed by atoms with Gasteiger partial charge in [0.25, 0.3) is 0 Å². The lowest BCUT2D eigenvalue weighted by atomic mass is 9.94. The highest BCUT2D eigenvalue weighted by Crippen LogP contribution is 2.23. The SMILES string of the molecule is CCCCCCCCCCCCOCC(CN(CCCCCC(=O)OCC(CCCCCC)CCCCCCCC)CCN(CCO)C1CCCCC1)OCCCCCC. The lowest BCUT2D eigenvalue weighted by Crippen LogP contribution is -2.45.